The molecule has 0 atom stereocenters. The van der Waals surface area contributed by atoms with Gasteiger partial charge in [0, 0.05) is 43.1 Å². The van der Waals surface area contributed by atoms with Crippen LogP contribution >= 0.6 is 11.8 Å². The van der Waals surface area contributed by atoms with Gasteiger partial charge in [-0.25, -0.2) is 0 Å². The van der Waals surface area contributed by atoms with Crippen molar-refractivity contribution in [2.45, 2.75) is 52.9 Å². The highest BCUT2D eigenvalue weighted by molar-refractivity contribution is 7.99. The van der Waals surface area contributed by atoms with E-state index in [2.05, 4.69) is 45.0 Å². The van der Waals surface area contributed by atoms with Crippen molar-refractivity contribution in [2.75, 3.05) is 37.0 Å². The predicted molar refractivity (Wildman–Crippen MR) is 113 cm³/mol. The molecule has 0 radical (unpaired) electrons. The van der Waals surface area contributed by atoms with Gasteiger partial charge in [0.2, 0.25) is 5.95 Å². The molecular weight excluding hydrogens is 374 g/mol. The first-order valence-corrected chi connectivity index (χ1v) is 11.0. The quantitative estimate of drug-likeness (QED) is 0.496. The van der Waals surface area contributed by atoms with Crippen molar-refractivity contribution < 1.29 is 9.53 Å². The largest absolute Gasteiger partial charge is 0.378 e. The van der Waals surface area contributed by atoms with Crippen molar-refractivity contribution in [1.29, 1.82) is 0 Å². The summed E-state index contributed by atoms with van der Waals surface area (Å²) in [4.78, 5) is 15.1. The van der Waals surface area contributed by atoms with E-state index in [1.54, 1.807) is 0 Å². The molecule has 0 unspecified atom stereocenters. The maximum Gasteiger partial charge on any atom is 0.228 e. The lowest BCUT2D eigenvalue weighted by Crippen LogP contribution is -2.38. The lowest BCUT2D eigenvalue weighted by molar-refractivity contribution is 0.102. The van der Waals surface area contributed by atoms with E-state index in [4.69, 9.17) is 4.74 Å². The first-order chi connectivity index (χ1) is 13.4. The number of thioether (sulfide) groups is 1. The van der Waals surface area contributed by atoms with E-state index in [0.29, 0.717) is 24.9 Å². The molecule has 0 spiro atoms. The molecule has 1 fully saturated rings. The predicted octanol–water partition coefficient (Wildman–Crippen LogP) is 3.18. The summed E-state index contributed by atoms with van der Waals surface area (Å²) in [6, 6.07) is 2.00. The second kappa shape index (κ2) is 9.13. The van der Waals surface area contributed by atoms with Crippen LogP contribution in [0.1, 0.15) is 42.5 Å². The number of anilines is 1. The number of nitrogens with zero attached hydrogens (tertiary/aromatic N) is 5. The van der Waals surface area contributed by atoms with Crippen LogP contribution in [0.4, 0.5) is 5.95 Å². The van der Waals surface area contributed by atoms with Crippen molar-refractivity contribution in [2.24, 2.45) is 5.92 Å². The smallest absolute Gasteiger partial charge is 0.228 e. The van der Waals surface area contributed by atoms with E-state index >= 15 is 0 Å². The van der Waals surface area contributed by atoms with Crippen LogP contribution in [0.25, 0.3) is 0 Å². The Morgan fingerprint density at radius 3 is 2.54 bits per heavy atom. The molecule has 1 aliphatic rings. The minimum Gasteiger partial charge on any atom is -0.378 e. The number of carbonyl (C=O) groups excluding carboxylic acids is 1. The van der Waals surface area contributed by atoms with Crippen molar-refractivity contribution in [3.8, 4) is 0 Å². The first-order valence-electron chi connectivity index (χ1n) is 10.0. The normalized spacial score (nSPS) is 14.9. The summed E-state index contributed by atoms with van der Waals surface area (Å²) >= 11 is 1.48. The Hall–Kier alpha value is -1.80. The molecule has 0 aromatic carbocycles. The highest BCUT2D eigenvalue weighted by Gasteiger charge is 2.22. The second-order valence-corrected chi connectivity index (χ2v) is 8.57. The van der Waals surface area contributed by atoms with Crippen LogP contribution in [-0.2, 0) is 17.8 Å². The minimum absolute atomic E-state index is 0.143. The molecule has 0 saturated carbocycles. The zero-order valence-electron chi connectivity index (χ0n) is 17.6. The molecule has 0 bridgehead atoms. The number of aryl methyl sites for hydroxylation is 1. The fraction of sp³-hybridized carbons (Fsp3) is 0.650. The fourth-order valence-electron chi connectivity index (χ4n) is 3.69. The Balaban J connectivity index is 1.76. The monoisotopic (exact) mass is 405 g/mol. The molecule has 1 saturated heterocycles. The van der Waals surface area contributed by atoms with Gasteiger partial charge in [0.25, 0.3) is 0 Å². The van der Waals surface area contributed by atoms with Gasteiger partial charge in [-0.3, -0.25) is 9.36 Å². The van der Waals surface area contributed by atoms with Crippen LogP contribution < -0.4 is 4.90 Å². The van der Waals surface area contributed by atoms with Crippen molar-refractivity contribution in [1.82, 2.24) is 19.3 Å². The molecule has 154 valence electrons. The Morgan fingerprint density at radius 1 is 1.21 bits per heavy atom. The fourth-order valence-corrected chi connectivity index (χ4v) is 4.51. The Bertz CT molecular complexity index is 821. The number of hydrogen-bond acceptors (Lipinski definition) is 6. The molecule has 2 aromatic rings. The van der Waals surface area contributed by atoms with Gasteiger partial charge < -0.3 is 14.2 Å². The third kappa shape index (κ3) is 4.43. The Kier molecular flexibility index (Phi) is 6.82. The molecule has 2 aromatic heterocycles. The van der Waals surface area contributed by atoms with Crippen molar-refractivity contribution in [3.63, 3.8) is 0 Å². The summed E-state index contributed by atoms with van der Waals surface area (Å²) < 4.78 is 9.79. The lowest BCUT2D eigenvalue weighted by Gasteiger charge is -2.28. The van der Waals surface area contributed by atoms with E-state index in [1.165, 1.54) is 11.8 Å². The summed E-state index contributed by atoms with van der Waals surface area (Å²) in [5, 5.41) is 9.66. The molecule has 0 aliphatic carbocycles. The standard InChI is InChI=1S/C20H31N5O2S/c1-6-24-15(4)11-17(16(24)5)18(26)13-28-20-22-21-19(25(20)12-14(2)3)23-7-9-27-10-8-23/h11,14H,6-10,12-13H2,1-5H3. The number of morpholine rings is 1. The molecule has 1 aliphatic heterocycles. The van der Waals surface area contributed by atoms with Crippen LogP contribution in [0.2, 0.25) is 0 Å². The number of rotatable bonds is 8. The van der Waals surface area contributed by atoms with E-state index in [9.17, 15) is 4.79 Å². The van der Waals surface area contributed by atoms with E-state index < -0.39 is 0 Å². The highest BCUT2D eigenvalue weighted by atomic mass is 32.2. The average molecular weight is 406 g/mol. The summed E-state index contributed by atoms with van der Waals surface area (Å²) in [5.41, 5.74) is 2.99. The number of ether oxygens (including phenoxy) is 1. The van der Waals surface area contributed by atoms with Crippen LogP contribution in [0.5, 0.6) is 0 Å². The van der Waals surface area contributed by atoms with Crippen LogP contribution in [0.15, 0.2) is 11.2 Å². The highest BCUT2D eigenvalue weighted by Crippen LogP contribution is 2.26. The molecule has 28 heavy (non-hydrogen) atoms. The summed E-state index contributed by atoms with van der Waals surface area (Å²) in [6.07, 6.45) is 0. The van der Waals surface area contributed by atoms with Crippen LogP contribution in [0, 0.1) is 19.8 Å². The zero-order chi connectivity index (χ0) is 20.3. The summed E-state index contributed by atoms with van der Waals surface area (Å²) in [5.74, 6) is 1.86. The van der Waals surface area contributed by atoms with Crippen molar-refractivity contribution >= 4 is 23.5 Å². The third-order valence-corrected chi connectivity index (χ3v) is 6.03. The van der Waals surface area contributed by atoms with Gasteiger partial charge >= 0.3 is 0 Å². The van der Waals surface area contributed by atoms with Gasteiger partial charge in [-0.1, -0.05) is 25.6 Å². The zero-order valence-corrected chi connectivity index (χ0v) is 18.4. The maximum absolute atomic E-state index is 12.8. The van der Waals surface area contributed by atoms with E-state index in [-0.39, 0.29) is 5.78 Å². The van der Waals surface area contributed by atoms with Crippen LogP contribution in [0.3, 0.4) is 0 Å². The lowest BCUT2D eigenvalue weighted by atomic mass is 10.2. The van der Waals surface area contributed by atoms with Crippen molar-refractivity contribution in [3.05, 3.63) is 23.0 Å². The molecule has 0 amide bonds. The van der Waals surface area contributed by atoms with Gasteiger partial charge in [-0.15, -0.1) is 10.2 Å². The first kappa shape index (κ1) is 20.9. The SMILES string of the molecule is CCn1c(C)cc(C(=O)CSc2nnc(N3CCOCC3)n2CC(C)C)c1C. The molecule has 7 nitrogen and oxygen atoms in total. The summed E-state index contributed by atoms with van der Waals surface area (Å²) in [7, 11) is 0. The van der Waals surface area contributed by atoms with E-state index in [1.807, 2.05) is 19.9 Å². The number of aromatic nitrogens is 4. The van der Waals surface area contributed by atoms with Gasteiger partial charge in [0.05, 0.1) is 19.0 Å². The topological polar surface area (TPSA) is 65.2 Å². The van der Waals surface area contributed by atoms with Crippen LogP contribution in [-0.4, -0.2) is 57.2 Å². The molecular formula is C20H31N5O2S. The third-order valence-electron chi connectivity index (χ3n) is 5.06. The molecule has 3 rings (SSSR count). The van der Waals surface area contributed by atoms with Gasteiger partial charge in [0.15, 0.2) is 10.9 Å². The number of carbonyl (C=O) groups is 1. The Morgan fingerprint density at radius 2 is 1.93 bits per heavy atom. The molecule has 0 N–H and O–H groups in total. The second-order valence-electron chi connectivity index (χ2n) is 7.63. The number of hydrogen-bond donors (Lipinski definition) is 0. The molecule has 3 heterocycles. The summed E-state index contributed by atoms with van der Waals surface area (Å²) in [6.45, 7) is 15.3. The Labute approximate surface area is 171 Å². The number of ketones is 1. The van der Waals surface area contributed by atoms with Gasteiger partial charge in [-0.05, 0) is 32.8 Å². The number of Topliss-reactive ketones (excluding diaryl/α,β-unsaturated/α-hetero) is 1. The van der Waals surface area contributed by atoms with E-state index in [0.717, 1.165) is 54.2 Å². The minimum atomic E-state index is 0.143. The molecule has 8 heteroatoms. The average Bonchev–Trinajstić information content (AvgIpc) is 3.20. The van der Waals surface area contributed by atoms with Gasteiger partial charge in [-0.2, -0.15) is 0 Å². The maximum atomic E-state index is 12.8. The van der Waals surface area contributed by atoms with Gasteiger partial charge in [0.1, 0.15) is 0 Å².